The zero-order valence-corrected chi connectivity index (χ0v) is 21.1. The monoisotopic (exact) mass is 516 g/mol. The molecule has 0 bridgehead atoms. The molecule has 1 heterocycles. The summed E-state index contributed by atoms with van der Waals surface area (Å²) in [5.74, 6) is -1.07. The number of rotatable bonds is 12. The first-order valence-electron chi connectivity index (χ1n) is 12.6. The Hall–Kier alpha value is -3.78. The van der Waals surface area contributed by atoms with Crippen LogP contribution in [0.1, 0.15) is 39.1 Å². The van der Waals surface area contributed by atoms with E-state index in [1.165, 1.54) is 0 Å². The highest BCUT2D eigenvalue weighted by Crippen LogP contribution is 2.31. The van der Waals surface area contributed by atoms with Crippen molar-refractivity contribution in [1.29, 1.82) is 0 Å². The number of ether oxygens (including phenoxy) is 4. The van der Waals surface area contributed by atoms with E-state index in [0.29, 0.717) is 17.5 Å². The fraction of sp³-hybridized carbons (Fsp3) is 0.290. The van der Waals surface area contributed by atoms with Crippen LogP contribution >= 0.6 is 0 Å². The Labute approximate surface area is 222 Å². The summed E-state index contributed by atoms with van der Waals surface area (Å²) in [6.45, 7) is 3.85. The minimum Gasteiger partial charge on any atom is -0.458 e. The molecule has 7 nitrogen and oxygen atoms in total. The second-order valence-electron chi connectivity index (χ2n) is 9.08. The van der Waals surface area contributed by atoms with Crippen LogP contribution in [0.5, 0.6) is 0 Å². The van der Waals surface area contributed by atoms with Crippen LogP contribution in [0.4, 0.5) is 0 Å². The van der Waals surface area contributed by atoms with Crippen LogP contribution in [0.25, 0.3) is 0 Å². The molecule has 0 spiro atoms. The zero-order valence-electron chi connectivity index (χ0n) is 21.1. The smallest absolute Gasteiger partial charge is 0.338 e. The summed E-state index contributed by atoms with van der Waals surface area (Å²) in [6.07, 6.45) is -1.28. The number of aliphatic hydroxyl groups excluding tert-OH is 1. The number of carbonyl (C=O) groups excluding carboxylic acids is 2. The Morgan fingerprint density at radius 1 is 0.868 bits per heavy atom. The topological polar surface area (TPSA) is 91.3 Å². The van der Waals surface area contributed by atoms with E-state index in [2.05, 4.69) is 6.58 Å². The van der Waals surface area contributed by atoms with Crippen molar-refractivity contribution >= 4 is 11.9 Å². The molecule has 1 unspecified atom stereocenters. The minimum atomic E-state index is -0.904. The Morgan fingerprint density at radius 2 is 1.45 bits per heavy atom. The van der Waals surface area contributed by atoms with Crippen molar-refractivity contribution in [3.8, 4) is 0 Å². The van der Waals surface area contributed by atoms with Crippen molar-refractivity contribution in [3.63, 3.8) is 0 Å². The summed E-state index contributed by atoms with van der Waals surface area (Å²) in [5.41, 5.74) is 1.72. The molecule has 198 valence electrons. The predicted octanol–water partition coefficient (Wildman–Crippen LogP) is 4.75. The number of hydrogen-bond acceptors (Lipinski definition) is 7. The van der Waals surface area contributed by atoms with Crippen LogP contribution < -0.4 is 0 Å². The second kappa shape index (κ2) is 13.7. The highest BCUT2D eigenvalue weighted by molar-refractivity contribution is 5.90. The molecule has 1 fully saturated rings. The molecule has 0 radical (unpaired) electrons. The van der Waals surface area contributed by atoms with E-state index in [1.54, 1.807) is 66.7 Å². The van der Waals surface area contributed by atoms with E-state index in [9.17, 15) is 14.7 Å². The van der Waals surface area contributed by atoms with Crippen LogP contribution in [0.3, 0.4) is 0 Å². The third kappa shape index (κ3) is 7.38. The molecule has 0 saturated carbocycles. The predicted molar refractivity (Wildman–Crippen MR) is 141 cm³/mol. The molecule has 5 atom stereocenters. The summed E-state index contributed by atoms with van der Waals surface area (Å²) in [7, 11) is 0. The second-order valence-corrected chi connectivity index (χ2v) is 9.08. The van der Waals surface area contributed by atoms with E-state index < -0.39 is 42.5 Å². The number of carbonyl (C=O) groups is 2. The quantitative estimate of drug-likeness (QED) is 0.274. The average molecular weight is 517 g/mol. The van der Waals surface area contributed by atoms with Crippen LogP contribution in [0.2, 0.25) is 0 Å². The summed E-state index contributed by atoms with van der Waals surface area (Å²) < 4.78 is 23.5. The zero-order chi connectivity index (χ0) is 26.7. The van der Waals surface area contributed by atoms with Gasteiger partial charge in [0.1, 0.15) is 24.9 Å². The molecule has 3 aromatic carbocycles. The lowest BCUT2D eigenvalue weighted by atomic mass is 10.0. The fourth-order valence-electron chi connectivity index (χ4n) is 4.36. The first-order chi connectivity index (χ1) is 18.5. The van der Waals surface area contributed by atoms with Crippen molar-refractivity contribution in [2.75, 3.05) is 6.61 Å². The van der Waals surface area contributed by atoms with Gasteiger partial charge in [-0.25, -0.2) is 9.59 Å². The molecule has 0 amide bonds. The molecule has 4 rings (SSSR count). The van der Waals surface area contributed by atoms with Gasteiger partial charge in [-0.1, -0.05) is 72.8 Å². The summed E-state index contributed by atoms with van der Waals surface area (Å²) in [4.78, 5) is 25.5. The number of esters is 2. The Bertz CT molecular complexity index is 1170. The van der Waals surface area contributed by atoms with Crippen molar-refractivity contribution in [2.24, 2.45) is 0 Å². The minimum absolute atomic E-state index is 0.158. The van der Waals surface area contributed by atoms with Gasteiger partial charge in [-0.15, -0.1) is 6.58 Å². The summed E-state index contributed by atoms with van der Waals surface area (Å²) >= 11 is 0. The van der Waals surface area contributed by atoms with Gasteiger partial charge in [0, 0.05) is 6.42 Å². The summed E-state index contributed by atoms with van der Waals surface area (Å²) in [6, 6.07) is 26.8. The van der Waals surface area contributed by atoms with Gasteiger partial charge in [0.2, 0.25) is 0 Å². The van der Waals surface area contributed by atoms with E-state index in [1.807, 2.05) is 30.3 Å². The van der Waals surface area contributed by atoms with Gasteiger partial charge in [-0.2, -0.15) is 0 Å². The van der Waals surface area contributed by atoms with E-state index in [4.69, 9.17) is 18.9 Å². The van der Waals surface area contributed by atoms with Gasteiger partial charge in [-0.05, 0) is 36.2 Å². The van der Waals surface area contributed by atoms with Gasteiger partial charge in [0.25, 0.3) is 0 Å². The normalized spacial score (nSPS) is 21.4. The first kappa shape index (κ1) is 27.3. The molecule has 1 N–H and O–H groups in total. The Balaban J connectivity index is 1.49. The molecule has 1 aliphatic heterocycles. The van der Waals surface area contributed by atoms with E-state index >= 15 is 0 Å². The highest BCUT2D eigenvalue weighted by Gasteiger charge is 2.45. The third-order valence-electron chi connectivity index (χ3n) is 6.31. The molecule has 7 heteroatoms. The lowest BCUT2D eigenvalue weighted by Gasteiger charge is -2.25. The largest absolute Gasteiger partial charge is 0.458 e. The van der Waals surface area contributed by atoms with Crippen molar-refractivity contribution in [3.05, 3.63) is 120 Å². The Morgan fingerprint density at radius 3 is 2.05 bits per heavy atom. The average Bonchev–Trinajstić information content (AvgIpc) is 3.25. The van der Waals surface area contributed by atoms with Gasteiger partial charge < -0.3 is 24.1 Å². The number of hydrogen-bond donors (Lipinski definition) is 1. The number of benzene rings is 3. The van der Waals surface area contributed by atoms with Crippen molar-refractivity contribution in [2.45, 2.75) is 50.0 Å². The fourth-order valence-corrected chi connectivity index (χ4v) is 4.36. The molecule has 1 saturated heterocycles. The lowest BCUT2D eigenvalue weighted by molar-refractivity contribution is -0.0690. The third-order valence-corrected chi connectivity index (χ3v) is 6.31. The first-order valence-corrected chi connectivity index (χ1v) is 12.6. The van der Waals surface area contributed by atoms with Gasteiger partial charge in [0.05, 0.1) is 29.9 Å². The van der Waals surface area contributed by atoms with Gasteiger partial charge in [0.15, 0.2) is 0 Å². The number of aliphatic hydroxyl groups is 1. The van der Waals surface area contributed by atoms with Crippen LogP contribution in [-0.2, 0) is 25.6 Å². The van der Waals surface area contributed by atoms with Gasteiger partial charge >= 0.3 is 11.9 Å². The van der Waals surface area contributed by atoms with Crippen LogP contribution in [0.15, 0.2) is 104 Å². The maximum Gasteiger partial charge on any atom is 0.338 e. The summed E-state index contributed by atoms with van der Waals surface area (Å²) in [5, 5.41) is 11.0. The maximum absolute atomic E-state index is 12.9. The highest BCUT2D eigenvalue weighted by atomic mass is 16.6. The maximum atomic E-state index is 12.9. The molecular formula is C31H32O7. The Kier molecular flexibility index (Phi) is 9.81. The standard InChI is InChI=1S/C31H32O7/c1-2-12-26-28(32)29(35-20-22-13-6-3-7-14-22)27(38-26)19-25(37-31(34)24-17-10-5-11-18-24)21-36-30(33)23-15-8-4-9-16-23/h2-11,13-18,25-29,32H,1,12,19-21H2/t25?,26-,27-,28+,29+/m1/s1. The molecule has 1 aliphatic rings. The molecular weight excluding hydrogens is 484 g/mol. The van der Waals surface area contributed by atoms with E-state index in [-0.39, 0.29) is 19.6 Å². The lowest BCUT2D eigenvalue weighted by Crippen LogP contribution is -2.38. The van der Waals surface area contributed by atoms with Crippen LogP contribution in [0, 0.1) is 0 Å². The molecule has 0 aliphatic carbocycles. The molecule has 0 aromatic heterocycles. The van der Waals surface area contributed by atoms with Crippen molar-refractivity contribution < 1.29 is 33.6 Å². The van der Waals surface area contributed by atoms with E-state index in [0.717, 1.165) is 5.56 Å². The van der Waals surface area contributed by atoms with Crippen LogP contribution in [-0.4, -0.2) is 54.2 Å². The SMILES string of the molecule is C=CC[C@H]1O[C@H](CC(COC(=O)c2ccccc2)OC(=O)c2ccccc2)[C@H](OCc2ccccc2)[C@H]1O. The molecule has 3 aromatic rings. The molecule has 38 heavy (non-hydrogen) atoms. The van der Waals surface area contributed by atoms with Gasteiger partial charge in [-0.3, -0.25) is 0 Å². The van der Waals surface area contributed by atoms with Crippen molar-refractivity contribution in [1.82, 2.24) is 0 Å².